The minimum absolute atomic E-state index is 0.0671. The average Bonchev–Trinajstić information content (AvgIpc) is 2.78. The normalized spacial score (nSPS) is 11.0. The highest BCUT2D eigenvalue weighted by atomic mass is 32.2. The smallest absolute Gasteiger partial charge is 0.303 e. The fraction of sp³-hybridized carbons (Fsp3) is 0.167. The number of benzene rings is 3. The molecular formula is C24H24N2O5S. The Kier molecular flexibility index (Phi) is 7.27. The summed E-state index contributed by atoms with van der Waals surface area (Å²) in [6, 6.07) is 21.8. The lowest BCUT2D eigenvalue weighted by Gasteiger charge is -2.18. The number of carboxylic acids is 1. The van der Waals surface area contributed by atoms with Crippen molar-refractivity contribution in [2.24, 2.45) is 0 Å². The van der Waals surface area contributed by atoms with Crippen LogP contribution in [0, 0.1) is 0 Å². The highest BCUT2D eigenvalue weighted by Crippen LogP contribution is 2.17. The van der Waals surface area contributed by atoms with Gasteiger partial charge in [0.05, 0.1) is 4.90 Å². The number of nitrogens with one attached hydrogen (secondary N) is 1. The quantitative estimate of drug-likeness (QED) is 0.514. The van der Waals surface area contributed by atoms with Crippen LogP contribution in [0.2, 0.25) is 0 Å². The summed E-state index contributed by atoms with van der Waals surface area (Å²) < 4.78 is 27.6. The summed E-state index contributed by atoms with van der Waals surface area (Å²) in [6.45, 7) is 0.369. The van der Waals surface area contributed by atoms with Crippen LogP contribution in [-0.2, 0) is 27.8 Å². The van der Waals surface area contributed by atoms with E-state index in [9.17, 15) is 18.0 Å². The van der Waals surface area contributed by atoms with Crippen molar-refractivity contribution in [1.29, 1.82) is 0 Å². The number of nitrogens with zero attached hydrogens (tertiary/aromatic N) is 1. The lowest BCUT2D eigenvalue weighted by Crippen LogP contribution is -2.26. The molecular weight excluding hydrogens is 428 g/mol. The molecule has 2 N–H and O–H groups in total. The van der Waals surface area contributed by atoms with Crippen molar-refractivity contribution in [2.75, 3.05) is 11.8 Å². The van der Waals surface area contributed by atoms with Crippen LogP contribution in [0.4, 0.5) is 5.69 Å². The number of carbonyl (C=O) groups excluding carboxylic acids is 1. The fourth-order valence-electron chi connectivity index (χ4n) is 3.13. The molecule has 1 amide bonds. The number of anilines is 1. The van der Waals surface area contributed by atoms with E-state index in [0.29, 0.717) is 24.2 Å². The average molecular weight is 453 g/mol. The summed E-state index contributed by atoms with van der Waals surface area (Å²) in [6.07, 6.45) is 0.531. The van der Waals surface area contributed by atoms with Gasteiger partial charge in [-0.3, -0.25) is 14.3 Å². The first-order valence-corrected chi connectivity index (χ1v) is 11.5. The topological polar surface area (TPSA) is 104 Å². The first-order valence-electron chi connectivity index (χ1n) is 9.97. The van der Waals surface area contributed by atoms with Crippen molar-refractivity contribution in [1.82, 2.24) is 4.90 Å². The lowest BCUT2D eigenvalue weighted by molar-refractivity contribution is -0.136. The number of sulfonamides is 1. The molecule has 0 aromatic heterocycles. The summed E-state index contributed by atoms with van der Waals surface area (Å²) in [5, 5.41) is 8.76. The van der Waals surface area contributed by atoms with E-state index in [0.717, 1.165) is 11.1 Å². The van der Waals surface area contributed by atoms with E-state index in [1.807, 2.05) is 24.3 Å². The Morgan fingerprint density at radius 2 is 1.47 bits per heavy atom. The molecule has 3 rings (SSSR count). The van der Waals surface area contributed by atoms with Crippen LogP contribution in [-0.4, -0.2) is 37.3 Å². The molecule has 0 aliphatic rings. The second-order valence-electron chi connectivity index (χ2n) is 7.37. The van der Waals surface area contributed by atoms with E-state index >= 15 is 0 Å². The summed E-state index contributed by atoms with van der Waals surface area (Å²) in [5.74, 6) is -1.08. The van der Waals surface area contributed by atoms with Crippen molar-refractivity contribution >= 4 is 27.6 Å². The molecule has 0 saturated carbocycles. The van der Waals surface area contributed by atoms with Crippen LogP contribution in [0.3, 0.4) is 0 Å². The standard InChI is InChI=1S/C24H24N2O5S/c1-26(17-19-9-7-18(8-10-19)11-16-23(27)28)24(29)20-12-14-22(15-13-20)32(30,31)25-21-5-3-2-4-6-21/h2-10,12-15,25H,11,16-17H2,1H3,(H,27,28). The minimum atomic E-state index is -3.75. The Bertz CT molecular complexity index is 1180. The van der Waals surface area contributed by atoms with Crippen LogP contribution < -0.4 is 4.72 Å². The second-order valence-corrected chi connectivity index (χ2v) is 9.05. The Morgan fingerprint density at radius 1 is 0.875 bits per heavy atom. The first kappa shape index (κ1) is 23.0. The molecule has 166 valence electrons. The van der Waals surface area contributed by atoms with Crippen molar-refractivity contribution in [2.45, 2.75) is 24.3 Å². The molecule has 32 heavy (non-hydrogen) atoms. The van der Waals surface area contributed by atoms with Gasteiger partial charge in [0.15, 0.2) is 0 Å². The number of hydrogen-bond acceptors (Lipinski definition) is 4. The number of amides is 1. The molecule has 0 atom stereocenters. The number of hydrogen-bond donors (Lipinski definition) is 2. The number of aliphatic carboxylic acids is 1. The molecule has 0 aliphatic heterocycles. The summed E-state index contributed by atoms with van der Waals surface area (Å²) in [5.41, 5.74) is 2.67. The number of aryl methyl sites for hydroxylation is 1. The summed E-state index contributed by atoms with van der Waals surface area (Å²) in [7, 11) is -2.08. The maximum atomic E-state index is 12.7. The highest BCUT2D eigenvalue weighted by molar-refractivity contribution is 7.92. The minimum Gasteiger partial charge on any atom is -0.481 e. The third-order valence-electron chi connectivity index (χ3n) is 4.85. The van der Waals surface area contributed by atoms with Crippen LogP contribution in [0.5, 0.6) is 0 Å². The molecule has 7 nitrogen and oxygen atoms in total. The largest absolute Gasteiger partial charge is 0.481 e. The van der Waals surface area contributed by atoms with E-state index in [1.54, 1.807) is 37.4 Å². The Hall–Kier alpha value is -3.65. The van der Waals surface area contributed by atoms with Crippen molar-refractivity contribution < 1.29 is 23.1 Å². The van der Waals surface area contributed by atoms with Crippen LogP contribution >= 0.6 is 0 Å². The molecule has 0 fully saturated rings. The van der Waals surface area contributed by atoms with Gasteiger partial charge in [-0.2, -0.15) is 0 Å². The molecule has 3 aromatic carbocycles. The summed E-state index contributed by atoms with van der Waals surface area (Å²) in [4.78, 5) is 25.0. The second kappa shape index (κ2) is 10.1. The molecule has 0 unspecified atom stereocenters. The van der Waals surface area contributed by atoms with Gasteiger partial charge in [0.1, 0.15) is 0 Å². The maximum absolute atomic E-state index is 12.7. The number of carbonyl (C=O) groups is 2. The van der Waals surface area contributed by atoms with Crippen molar-refractivity contribution in [3.63, 3.8) is 0 Å². The van der Waals surface area contributed by atoms with Crippen LogP contribution in [0.25, 0.3) is 0 Å². The highest BCUT2D eigenvalue weighted by Gasteiger charge is 2.17. The molecule has 8 heteroatoms. The van der Waals surface area contributed by atoms with Gasteiger partial charge in [-0.1, -0.05) is 42.5 Å². The van der Waals surface area contributed by atoms with Gasteiger partial charge in [-0.05, 0) is 53.9 Å². The van der Waals surface area contributed by atoms with Gasteiger partial charge in [0, 0.05) is 31.3 Å². The zero-order valence-electron chi connectivity index (χ0n) is 17.6. The number of carboxylic acid groups (broad SMARTS) is 1. The molecule has 0 bridgehead atoms. The molecule has 0 spiro atoms. The van der Waals surface area contributed by atoms with Gasteiger partial charge >= 0.3 is 5.97 Å². The van der Waals surface area contributed by atoms with E-state index in [4.69, 9.17) is 5.11 Å². The monoisotopic (exact) mass is 452 g/mol. The van der Waals surface area contributed by atoms with E-state index in [-0.39, 0.29) is 17.2 Å². The summed E-state index contributed by atoms with van der Waals surface area (Å²) >= 11 is 0. The van der Waals surface area contributed by atoms with E-state index in [2.05, 4.69) is 4.72 Å². The lowest BCUT2D eigenvalue weighted by atomic mass is 10.1. The van der Waals surface area contributed by atoms with Gasteiger partial charge in [-0.25, -0.2) is 8.42 Å². The van der Waals surface area contributed by atoms with Crippen molar-refractivity contribution in [3.05, 3.63) is 95.6 Å². The zero-order valence-corrected chi connectivity index (χ0v) is 18.4. The van der Waals surface area contributed by atoms with Gasteiger partial charge in [0.2, 0.25) is 0 Å². The van der Waals surface area contributed by atoms with Gasteiger partial charge < -0.3 is 10.0 Å². The zero-order chi connectivity index (χ0) is 23.1. The molecule has 0 heterocycles. The van der Waals surface area contributed by atoms with E-state index < -0.39 is 16.0 Å². The third kappa shape index (κ3) is 6.18. The first-order chi connectivity index (χ1) is 15.2. The maximum Gasteiger partial charge on any atom is 0.303 e. The molecule has 0 aliphatic carbocycles. The van der Waals surface area contributed by atoms with Gasteiger partial charge in [0.25, 0.3) is 15.9 Å². The van der Waals surface area contributed by atoms with Crippen LogP contribution in [0.15, 0.2) is 83.8 Å². The van der Waals surface area contributed by atoms with Crippen LogP contribution in [0.1, 0.15) is 27.9 Å². The third-order valence-corrected chi connectivity index (χ3v) is 6.25. The SMILES string of the molecule is CN(Cc1ccc(CCC(=O)O)cc1)C(=O)c1ccc(S(=O)(=O)Nc2ccccc2)cc1. The Morgan fingerprint density at radius 3 is 2.06 bits per heavy atom. The molecule has 0 saturated heterocycles. The molecule has 0 radical (unpaired) electrons. The predicted molar refractivity (Wildman–Crippen MR) is 122 cm³/mol. The Balaban J connectivity index is 1.63. The fourth-order valence-corrected chi connectivity index (χ4v) is 4.18. The van der Waals surface area contributed by atoms with E-state index in [1.165, 1.54) is 29.2 Å². The Labute approximate surface area is 187 Å². The number of para-hydroxylation sites is 1. The predicted octanol–water partition coefficient (Wildman–Crippen LogP) is 3.78. The molecule has 3 aromatic rings. The van der Waals surface area contributed by atoms with Crippen molar-refractivity contribution in [3.8, 4) is 0 Å². The number of rotatable bonds is 9. The van der Waals surface area contributed by atoms with Gasteiger partial charge in [-0.15, -0.1) is 0 Å².